The van der Waals surface area contributed by atoms with Crippen molar-refractivity contribution in [3.63, 3.8) is 0 Å². The molecule has 498 valence electrons. The van der Waals surface area contributed by atoms with Gasteiger partial charge in [-0.2, -0.15) is 0 Å². The van der Waals surface area contributed by atoms with Crippen LogP contribution in [-0.4, -0.2) is 83.9 Å². The number of aromatic nitrogens is 3. The Morgan fingerprint density at radius 1 is 0.531 bits per heavy atom. The number of pyridine rings is 3. The number of carbonyl (C=O) groups is 6. The molecule has 12 rings (SSSR count). The van der Waals surface area contributed by atoms with Gasteiger partial charge in [-0.25, -0.2) is 16.4 Å². The number of hydrogen-bond acceptors (Lipinski definition) is 16. The Hall–Kier alpha value is -9.39. The van der Waals surface area contributed by atoms with Crippen molar-refractivity contribution < 1.29 is 68.4 Å². The molecule has 6 atom stereocenters. The highest BCUT2D eigenvalue weighted by molar-refractivity contribution is 9.11. The largest absolute Gasteiger partial charge is 0.489 e. The standard InChI is InChI=1S/C25H24Br2N2O5.C25H27N3O4.C23H22N2O5/c1-3-33-24(31)25(12-18(25)23(30)29-32)11-15-9-19(26)22(20(27)10-15)34-13-16-8-14(2)28-21-7-5-4-6-17(16)21;1-15(2)26-24(30)25(13-21(25)23(29)28-31)18-7-6-8-19(12-18)32-14-17-11-16(3)27-22-10-5-4-9-20(17)22;1-14-10-16(18-4-2-3-5-20(18)24-14)13-30-17-8-6-15(7-9-17)11-23(22(27)28)12-19(23)21(26)25-29/h4-10,18,32H,3,11-13H2,1-2H3,(H,29,30);4-12,15,21,31H,13-14H2,1-3H3,(H,26,30)(H,28,29);2-10,19,29H,11-13H2,1H3,(H,25,26)(H,27,28)/t18-,25+;21-,25-;19-,23+/m101/s1. The number of benzene rings is 6. The van der Waals surface area contributed by atoms with Crippen molar-refractivity contribution in [2.24, 2.45) is 28.6 Å². The van der Waals surface area contributed by atoms with E-state index < -0.39 is 63.7 Å². The number of nitrogens with one attached hydrogen (secondary N) is 4. The Balaban J connectivity index is 0.000000157. The fraction of sp³-hybridized carbons (Fsp3) is 0.301. The average Bonchev–Trinajstić information content (AvgIpc) is 1.70. The van der Waals surface area contributed by atoms with Gasteiger partial charge in [-0.1, -0.05) is 78.9 Å². The number of ether oxygens (including phenoxy) is 4. The molecular weight excluding hydrogens is 1360 g/mol. The summed E-state index contributed by atoms with van der Waals surface area (Å²) < 4.78 is 24.9. The summed E-state index contributed by atoms with van der Waals surface area (Å²) in [6.07, 6.45) is 1.38. The smallest absolute Gasteiger partial charge is 0.313 e. The molecule has 0 spiro atoms. The van der Waals surface area contributed by atoms with Gasteiger partial charge in [0.05, 0.1) is 66.1 Å². The summed E-state index contributed by atoms with van der Waals surface area (Å²) in [5.74, 6) is -3.57. The molecule has 0 unspecified atom stereocenters. The SMILES string of the molecule is CCOC(=O)[C@@]1(Cc2cc(Br)c(OCc3cc(C)nc4ccccc34)c(Br)c2)C[C@@H]1C(=O)NO.Cc1cc(COc2ccc(C[C@]3(C(=O)O)C[C@@H]3C(=O)NO)cc2)c2ccccc2n1.Cc1cc(COc2cccc([C@@]3(C(=O)NC(C)C)C[C@H]3C(=O)NO)c2)c2ccccc2n1. The maximum Gasteiger partial charge on any atom is 0.313 e. The minimum absolute atomic E-state index is 0.0690. The van der Waals surface area contributed by atoms with Gasteiger partial charge in [0, 0.05) is 56.0 Å². The quantitative estimate of drug-likeness (QED) is 0.0178. The molecule has 9 aromatic rings. The molecule has 0 saturated heterocycles. The number of amides is 4. The number of hydrogen-bond donors (Lipinski definition) is 8. The molecule has 3 aliphatic rings. The number of carboxylic acid groups (broad SMARTS) is 1. The van der Waals surface area contributed by atoms with Gasteiger partial charge in [0.2, 0.25) is 23.6 Å². The van der Waals surface area contributed by atoms with Crippen LogP contribution >= 0.6 is 31.9 Å². The van der Waals surface area contributed by atoms with Crippen LogP contribution in [0.3, 0.4) is 0 Å². The van der Waals surface area contributed by atoms with Crippen molar-refractivity contribution in [2.45, 2.75) is 105 Å². The first-order valence-corrected chi connectivity index (χ1v) is 32.8. The molecule has 23 heteroatoms. The summed E-state index contributed by atoms with van der Waals surface area (Å²) in [5.41, 5.74) is 12.7. The Morgan fingerprint density at radius 2 is 0.979 bits per heavy atom. The van der Waals surface area contributed by atoms with Gasteiger partial charge in [0.1, 0.15) is 37.1 Å². The van der Waals surface area contributed by atoms with Crippen LogP contribution in [0.4, 0.5) is 0 Å². The average molecular weight is 1430 g/mol. The Bertz CT molecular complexity index is 4420. The highest BCUT2D eigenvalue weighted by Gasteiger charge is 2.66. The van der Waals surface area contributed by atoms with E-state index in [1.807, 2.05) is 168 Å². The molecule has 8 N–H and O–H groups in total. The second-order valence-electron chi connectivity index (χ2n) is 24.7. The summed E-state index contributed by atoms with van der Waals surface area (Å²) in [6.45, 7) is 12.6. The van der Waals surface area contributed by atoms with Crippen LogP contribution in [0.25, 0.3) is 32.7 Å². The van der Waals surface area contributed by atoms with E-state index >= 15 is 0 Å². The van der Waals surface area contributed by atoms with Gasteiger partial charge in [-0.3, -0.25) is 59.3 Å². The molecule has 3 heterocycles. The van der Waals surface area contributed by atoms with Crippen molar-refractivity contribution in [2.75, 3.05) is 6.61 Å². The number of carboxylic acids is 1. The van der Waals surface area contributed by atoms with Crippen LogP contribution in [0.5, 0.6) is 17.2 Å². The molecule has 3 saturated carbocycles. The van der Waals surface area contributed by atoms with E-state index in [9.17, 15) is 33.9 Å². The molecule has 3 aromatic heterocycles. The molecule has 3 aliphatic carbocycles. The summed E-state index contributed by atoms with van der Waals surface area (Å²) >= 11 is 7.17. The molecule has 3 fully saturated rings. The van der Waals surface area contributed by atoms with Crippen molar-refractivity contribution in [1.29, 1.82) is 0 Å². The number of esters is 1. The number of aliphatic carboxylic acids is 1. The van der Waals surface area contributed by atoms with E-state index in [1.54, 1.807) is 41.6 Å². The third-order valence-corrected chi connectivity index (χ3v) is 18.8. The molecule has 6 aromatic carbocycles. The van der Waals surface area contributed by atoms with Crippen LogP contribution in [-0.2, 0) is 71.6 Å². The van der Waals surface area contributed by atoms with Gasteiger partial charge < -0.3 is 29.4 Å². The van der Waals surface area contributed by atoms with Crippen molar-refractivity contribution in [1.82, 2.24) is 36.7 Å². The maximum absolute atomic E-state index is 13.0. The predicted octanol–water partition coefficient (Wildman–Crippen LogP) is 11.9. The van der Waals surface area contributed by atoms with E-state index in [2.05, 4.69) is 52.1 Å². The summed E-state index contributed by atoms with van der Waals surface area (Å²) in [5, 5.41) is 42.5. The van der Waals surface area contributed by atoms with Crippen LogP contribution < -0.4 is 36.0 Å². The lowest BCUT2D eigenvalue weighted by atomic mass is 9.91. The molecule has 0 bridgehead atoms. The predicted molar refractivity (Wildman–Crippen MR) is 363 cm³/mol. The van der Waals surface area contributed by atoms with Crippen LogP contribution in [0.1, 0.15) is 90.5 Å². The molecule has 0 aliphatic heterocycles. The lowest BCUT2D eigenvalue weighted by molar-refractivity contribution is -0.152. The molecule has 4 amide bonds. The monoisotopic (exact) mass is 1430 g/mol. The van der Waals surface area contributed by atoms with E-state index in [0.29, 0.717) is 61.9 Å². The zero-order valence-corrected chi connectivity index (χ0v) is 56.7. The highest BCUT2D eigenvalue weighted by Crippen LogP contribution is 2.58. The third-order valence-electron chi connectivity index (χ3n) is 17.6. The van der Waals surface area contributed by atoms with E-state index in [-0.39, 0.29) is 31.4 Å². The van der Waals surface area contributed by atoms with Gasteiger partial charge in [0.15, 0.2) is 0 Å². The minimum atomic E-state index is -1.16. The van der Waals surface area contributed by atoms with E-state index in [4.69, 9.17) is 34.6 Å². The summed E-state index contributed by atoms with van der Waals surface area (Å²) in [4.78, 5) is 86.8. The molecule has 0 radical (unpaired) electrons. The first-order chi connectivity index (χ1) is 46.1. The Labute approximate surface area is 570 Å². The second-order valence-corrected chi connectivity index (χ2v) is 26.4. The Kier molecular flexibility index (Phi) is 21.5. The summed E-state index contributed by atoms with van der Waals surface area (Å²) in [7, 11) is 0. The van der Waals surface area contributed by atoms with Crippen LogP contribution in [0.2, 0.25) is 0 Å². The topological polar surface area (TPSA) is 307 Å². The minimum Gasteiger partial charge on any atom is -0.489 e. The molecule has 96 heavy (non-hydrogen) atoms. The van der Waals surface area contributed by atoms with Crippen molar-refractivity contribution >= 4 is 100 Å². The van der Waals surface area contributed by atoms with E-state index in [1.165, 1.54) is 0 Å². The Morgan fingerprint density at radius 3 is 1.46 bits per heavy atom. The number of hydroxylamine groups is 3. The zero-order valence-electron chi connectivity index (χ0n) is 53.6. The lowest BCUT2D eigenvalue weighted by Crippen LogP contribution is -2.41. The molecular formula is C73H73Br2N7O14. The normalized spacial score (nSPS) is 19.5. The number of nitrogens with zero attached hydrogens (tertiary/aromatic N) is 3. The van der Waals surface area contributed by atoms with Crippen molar-refractivity contribution in [3.8, 4) is 17.2 Å². The lowest BCUT2D eigenvalue weighted by Gasteiger charge is -2.20. The number of fused-ring (bicyclic) bond motifs is 3. The fourth-order valence-corrected chi connectivity index (χ4v) is 14.2. The zero-order chi connectivity index (χ0) is 68.6. The third kappa shape index (κ3) is 15.3. The number of halogens is 2. The maximum atomic E-state index is 13.0. The summed E-state index contributed by atoms with van der Waals surface area (Å²) in [6, 6.07) is 48.0. The number of carbonyl (C=O) groups excluding carboxylic acids is 5. The first-order valence-electron chi connectivity index (χ1n) is 31.2. The van der Waals surface area contributed by atoms with Crippen LogP contribution in [0, 0.1) is 49.4 Å². The number of rotatable bonds is 22. The number of para-hydroxylation sites is 3. The van der Waals surface area contributed by atoms with Gasteiger partial charge in [-0.05, 0) is 195 Å². The highest BCUT2D eigenvalue weighted by atomic mass is 79.9. The van der Waals surface area contributed by atoms with Gasteiger partial charge in [0.25, 0.3) is 0 Å². The first kappa shape index (κ1) is 69.4. The molecule has 21 nitrogen and oxygen atoms in total. The van der Waals surface area contributed by atoms with Gasteiger partial charge >= 0.3 is 11.9 Å². The van der Waals surface area contributed by atoms with Gasteiger partial charge in [-0.15, -0.1) is 0 Å². The number of aryl methyl sites for hydroxylation is 3. The second kappa shape index (κ2) is 29.7. The van der Waals surface area contributed by atoms with E-state index in [0.717, 1.165) is 86.6 Å². The van der Waals surface area contributed by atoms with Crippen molar-refractivity contribution in [3.05, 3.63) is 211 Å². The fourth-order valence-electron chi connectivity index (χ4n) is 12.6. The van der Waals surface area contributed by atoms with Crippen LogP contribution in [0.15, 0.2) is 161 Å².